The molecule has 1 aromatic rings. The number of nitrogens with one attached hydrogen (secondary N) is 1. The molecule has 0 bridgehead atoms. The van der Waals surface area contributed by atoms with Gasteiger partial charge in [-0.3, -0.25) is 0 Å². The lowest BCUT2D eigenvalue weighted by Crippen LogP contribution is -2.38. The molecule has 0 aliphatic carbocycles. The second kappa shape index (κ2) is 7.02. The second-order valence-electron chi connectivity index (χ2n) is 5.21. The summed E-state index contributed by atoms with van der Waals surface area (Å²) in [4.78, 5) is -0.0139. The molecule has 0 aromatic heterocycles. The Balaban J connectivity index is 2.99. The normalized spacial score (nSPS) is 16.7. The van der Waals surface area contributed by atoms with E-state index in [4.69, 9.17) is 11.6 Å². The SMILES string of the molecule is C=CC(Br)[C@H](NS(=O)C(C)(C)C)c1ccc(Cl)cc1. The van der Waals surface area contributed by atoms with E-state index in [1.165, 1.54) is 0 Å². The number of benzene rings is 1. The van der Waals surface area contributed by atoms with Crippen molar-refractivity contribution in [2.24, 2.45) is 0 Å². The van der Waals surface area contributed by atoms with Crippen molar-refractivity contribution in [3.8, 4) is 0 Å². The van der Waals surface area contributed by atoms with Gasteiger partial charge in [-0.05, 0) is 38.5 Å². The van der Waals surface area contributed by atoms with Gasteiger partial charge in [0.05, 0.1) is 26.6 Å². The highest BCUT2D eigenvalue weighted by molar-refractivity contribution is 9.09. The number of rotatable bonds is 5. The summed E-state index contributed by atoms with van der Waals surface area (Å²) in [5, 5.41) is 0.684. The van der Waals surface area contributed by atoms with Crippen LogP contribution in [0, 0.1) is 0 Å². The van der Waals surface area contributed by atoms with Crippen molar-refractivity contribution < 1.29 is 4.21 Å². The summed E-state index contributed by atoms with van der Waals surface area (Å²) in [6.07, 6.45) is 1.78. The van der Waals surface area contributed by atoms with E-state index >= 15 is 0 Å². The Kier molecular flexibility index (Phi) is 6.24. The van der Waals surface area contributed by atoms with Gasteiger partial charge in [0.15, 0.2) is 0 Å². The predicted molar refractivity (Wildman–Crippen MR) is 88.1 cm³/mol. The molecule has 0 aliphatic rings. The van der Waals surface area contributed by atoms with Crippen molar-refractivity contribution in [2.75, 3.05) is 0 Å². The highest BCUT2D eigenvalue weighted by Gasteiger charge is 2.26. The molecular weight excluding hydrogens is 346 g/mol. The molecule has 106 valence electrons. The fraction of sp³-hybridized carbons (Fsp3) is 0.429. The largest absolute Gasteiger partial charge is 0.242 e. The minimum Gasteiger partial charge on any atom is -0.242 e. The minimum absolute atomic E-state index is 0.0139. The van der Waals surface area contributed by atoms with E-state index in [2.05, 4.69) is 27.2 Å². The molecule has 1 rings (SSSR count). The zero-order chi connectivity index (χ0) is 14.6. The predicted octanol–water partition coefficient (Wildman–Crippen LogP) is 4.38. The van der Waals surface area contributed by atoms with Crippen LogP contribution in [0.15, 0.2) is 36.9 Å². The Morgan fingerprint density at radius 3 is 2.32 bits per heavy atom. The molecule has 0 saturated heterocycles. The van der Waals surface area contributed by atoms with E-state index in [0.717, 1.165) is 5.56 Å². The van der Waals surface area contributed by atoms with Crippen LogP contribution in [0.4, 0.5) is 0 Å². The molecular formula is C14H19BrClNOS. The Hall–Kier alpha value is -0.160. The van der Waals surface area contributed by atoms with E-state index in [9.17, 15) is 4.21 Å². The number of hydrogen-bond donors (Lipinski definition) is 1. The van der Waals surface area contributed by atoms with Crippen molar-refractivity contribution in [3.63, 3.8) is 0 Å². The van der Waals surface area contributed by atoms with Gasteiger partial charge in [0.2, 0.25) is 0 Å². The molecule has 1 aromatic carbocycles. The highest BCUT2D eigenvalue weighted by Crippen LogP contribution is 2.26. The van der Waals surface area contributed by atoms with Crippen molar-refractivity contribution in [1.82, 2.24) is 4.72 Å². The summed E-state index contributed by atoms with van der Waals surface area (Å²) >= 11 is 9.44. The molecule has 0 heterocycles. The first-order chi connectivity index (χ1) is 8.75. The molecule has 5 heteroatoms. The second-order valence-corrected chi connectivity index (χ2v) is 8.70. The standard InChI is InChI=1S/C14H19BrClNOS/c1-5-12(15)13(17-19(18)14(2,3)4)10-6-8-11(16)9-7-10/h5-9,12-13,17H,1H2,2-4H3/t12?,13-,19?/m1/s1. The van der Waals surface area contributed by atoms with Gasteiger partial charge in [-0.2, -0.15) is 0 Å². The monoisotopic (exact) mass is 363 g/mol. The lowest BCUT2D eigenvalue weighted by Gasteiger charge is -2.26. The molecule has 0 radical (unpaired) electrons. The lowest BCUT2D eigenvalue weighted by molar-refractivity contribution is 0.607. The third kappa shape index (κ3) is 5.03. The average Bonchev–Trinajstić information content (AvgIpc) is 2.35. The number of alkyl halides is 1. The van der Waals surface area contributed by atoms with Crippen LogP contribution in [-0.2, 0) is 11.0 Å². The van der Waals surface area contributed by atoms with Crippen LogP contribution in [0.1, 0.15) is 32.4 Å². The molecule has 0 spiro atoms. The summed E-state index contributed by atoms with van der Waals surface area (Å²) in [6.45, 7) is 9.59. The van der Waals surface area contributed by atoms with Crippen LogP contribution in [0.5, 0.6) is 0 Å². The summed E-state index contributed by atoms with van der Waals surface area (Å²) < 4.78 is 15.1. The smallest absolute Gasteiger partial charge is 0.0976 e. The maximum Gasteiger partial charge on any atom is 0.0976 e. The zero-order valence-electron chi connectivity index (χ0n) is 11.3. The first kappa shape index (κ1) is 16.9. The first-order valence-corrected chi connectivity index (χ1v) is 8.40. The average molecular weight is 365 g/mol. The van der Waals surface area contributed by atoms with Crippen LogP contribution in [0.2, 0.25) is 5.02 Å². The van der Waals surface area contributed by atoms with E-state index < -0.39 is 11.0 Å². The van der Waals surface area contributed by atoms with E-state index in [-0.39, 0.29) is 15.6 Å². The summed E-state index contributed by atoms with van der Waals surface area (Å²) in [5.41, 5.74) is 1.02. The van der Waals surface area contributed by atoms with Gasteiger partial charge in [0.25, 0.3) is 0 Å². The molecule has 1 N–H and O–H groups in total. The van der Waals surface area contributed by atoms with Gasteiger partial charge in [0, 0.05) is 5.02 Å². The Labute approximate surface area is 131 Å². The maximum absolute atomic E-state index is 12.3. The van der Waals surface area contributed by atoms with E-state index in [1.807, 2.05) is 45.0 Å². The Morgan fingerprint density at radius 2 is 1.89 bits per heavy atom. The van der Waals surface area contributed by atoms with Crippen molar-refractivity contribution in [3.05, 3.63) is 47.5 Å². The van der Waals surface area contributed by atoms with Gasteiger partial charge < -0.3 is 0 Å². The van der Waals surface area contributed by atoms with Gasteiger partial charge in [-0.1, -0.05) is 45.7 Å². The van der Waals surface area contributed by atoms with Gasteiger partial charge in [-0.25, -0.2) is 8.93 Å². The maximum atomic E-state index is 12.3. The quantitative estimate of drug-likeness (QED) is 0.609. The lowest BCUT2D eigenvalue weighted by atomic mass is 10.1. The van der Waals surface area contributed by atoms with Gasteiger partial charge in [-0.15, -0.1) is 6.58 Å². The van der Waals surface area contributed by atoms with Crippen molar-refractivity contribution >= 4 is 38.5 Å². The van der Waals surface area contributed by atoms with E-state index in [0.29, 0.717) is 5.02 Å². The van der Waals surface area contributed by atoms with Crippen LogP contribution >= 0.6 is 27.5 Å². The molecule has 0 amide bonds. The summed E-state index contributed by atoms with van der Waals surface area (Å²) in [6, 6.07) is 7.40. The van der Waals surface area contributed by atoms with E-state index in [1.54, 1.807) is 6.08 Å². The van der Waals surface area contributed by atoms with Crippen LogP contribution in [0.3, 0.4) is 0 Å². The number of halogens is 2. The van der Waals surface area contributed by atoms with Crippen molar-refractivity contribution in [2.45, 2.75) is 36.4 Å². The molecule has 2 unspecified atom stereocenters. The topological polar surface area (TPSA) is 29.1 Å². The third-order valence-electron chi connectivity index (χ3n) is 2.56. The van der Waals surface area contributed by atoms with Crippen LogP contribution < -0.4 is 4.72 Å². The molecule has 19 heavy (non-hydrogen) atoms. The molecule has 2 nitrogen and oxygen atoms in total. The Morgan fingerprint density at radius 1 is 1.37 bits per heavy atom. The fourth-order valence-corrected chi connectivity index (χ4v) is 3.02. The van der Waals surface area contributed by atoms with Gasteiger partial charge >= 0.3 is 0 Å². The molecule has 3 atom stereocenters. The molecule has 0 fully saturated rings. The fourth-order valence-electron chi connectivity index (χ4n) is 1.42. The number of hydrogen-bond acceptors (Lipinski definition) is 1. The van der Waals surface area contributed by atoms with Crippen LogP contribution in [-0.4, -0.2) is 13.8 Å². The highest BCUT2D eigenvalue weighted by atomic mass is 79.9. The minimum atomic E-state index is -1.16. The molecule has 0 aliphatic heterocycles. The zero-order valence-corrected chi connectivity index (χ0v) is 14.5. The van der Waals surface area contributed by atoms with Gasteiger partial charge in [0.1, 0.15) is 0 Å². The summed E-state index contributed by atoms with van der Waals surface area (Å²) in [5.74, 6) is 0. The molecule has 0 saturated carbocycles. The van der Waals surface area contributed by atoms with Crippen molar-refractivity contribution in [1.29, 1.82) is 0 Å². The summed E-state index contributed by atoms with van der Waals surface area (Å²) in [7, 11) is -1.16. The third-order valence-corrected chi connectivity index (χ3v) is 5.30. The van der Waals surface area contributed by atoms with Crippen LogP contribution in [0.25, 0.3) is 0 Å². The first-order valence-electron chi connectivity index (χ1n) is 5.96. The Bertz CT molecular complexity index is 456.